The summed E-state index contributed by atoms with van der Waals surface area (Å²) in [6, 6.07) is 2.01. The molecule has 0 unspecified atom stereocenters. The van der Waals surface area contributed by atoms with Crippen molar-refractivity contribution >= 4 is 11.5 Å². The standard InChI is InChI=1S/C16H23N3/c1-10-9-18-15(5-14(10)17)19-16-6-11-2-12(7-16)4-13(3-11)8-16/h5,9,11-13H,2-4,6-8H2,1H3,(H3,17,18,19). The molecule has 4 aliphatic carbocycles. The van der Waals surface area contributed by atoms with Crippen LogP contribution in [-0.4, -0.2) is 10.5 Å². The summed E-state index contributed by atoms with van der Waals surface area (Å²) in [4.78, 5) is 4.52. The molecular weight excluding hydrogens is 234 g/mol. The van der Waals surface area contributed by atoms with Crippen LogP contribution in [0.4, 0.5) is 11.5 Å². The Morgan fingerprint density at radius 3 is 2.26 bits per heavy atom. The first kappa shape index (κ1) is 11.6. The van der Waals surface area contributed by atoms with Crippen LogP contribution in [-0.2, 0) is 0 Å². The fraction of sp³-hybridized carbons (Fsp3) is 0.688. The first-order valence-electron chi connectivity index (χ1n) is 7.62. The van der Waals surface area contributed by atoms with Crippen molar-refractivity contribution in [3.8, 4) is 0 Å². The summed E-state index contributed by atoms with van der Waals surface area (Å²) in [6.07, 6.45) is 10.3. The Bertz CT molecular complexity index is 473. The SMILES string of the molecule is Cc1cnc(NC23CC4CC(CC(C4)C2)C3)cc1N. The Kier molecular flexibility index (Phi) is 2.36. The number of nitrogens with zero attached hydrogens (tertiary/aromatic N) is 1. The van der Waals surface area contributed by atoms with Gasteiger partial charge in [-0.15, -0.1) is 0 Å². The average Bonchev–Trinajstić information content (AvgIpc) is 2.31. The summed E-state index contributed by atoms with van der Waals surface area (Å²) >= 11 is 0. The lowest BCUT2D eigenvalue weighted by Crippen LogP contribution is -2.54. The fourth-order valence-corrected chi connectivity index (χ4v) is 5.14. The maximum absolute atomic E-state index is 6.01. The Labute approximate surface area is 115 Å². The zero-order valence-corrected chi connectivity index (χ0v) is 11.7. The number of pyridine rings is 1. The third-order valence-electron chi connectivity index (χ3n) is 5.58. The molecule has 0 atom stereocenters. The van der Waals surface area contributed by atoms with Crippen molar-refractivity contribution in [1.82, 2.24) is 4.98 Å². The summed E-state index contributed by atoms with van der Waals surface area (Å²) in [5.41, 5.74) is 8.25. The van der Waals surface area contributed by atoms with E-state index in [1.165, 1.54) is 38.5 Å². The van der Waals surface area contributed by atoms with Crippen LogP contribution in [0.5, 0.6) is 0 Å². The number of rotatable bonds is 2. The molecule has 1 aromatic rings. The van der Waals surface area contributed by atoms with E-state index < -0.39 is 0 Å². The molecule has 102 valence electrons. The third-order valence-corrected chi connectivity index (χ3v) is 5.58. The van der Waals surface area contributed by atoms with E-state index in [0.717, 1.165) is 34.8 Å². The van der Waals surface area contributed by atoms with Crippen LogP contribution >= 0.6 is 0 Å². The fourth-order valence-electron chi connectivity index (χ4n) is 5.14. The lowest BCUT2D eigenvalue weighted by Gasteiger charge is -2.57. The molecule has 4 aliphatic rings. The Balaban J connectivity index is 1.60. The number of anilines is 2. The molecule has 4 bridgehead atoms. The molecule has 3 N–H and O–H groups in total. The third kappa shape index (κ3) is 1.90. The van der Waals surface area contributed by atoms with Gasteiger partial charge in [-0.3, -0.25) is 0 Å². The number of aryl methyl sites for hydroxylation is 1. The van der Waals surface area contributed by atoms with Gasteiger partial charge < -0.3 is 11.1 Å². The Hall–Kier alpha value is -1.25. The van der Waals surface area contributed by atoms with Gasteiger partial charge >= 0.3 is 0 Å². The van der Waals surface area contributed by atoms with Crippen molar-refractivity contribution in [3.63, 3.8) is 0 Å². The van der Waals surface area contributed by atoms with E-state index in [4.69, 9.17) is 5.73 Å². The molecular formula is C16H23N3. The molecule has 0 amide bonds. The molecule has 19 heavy (non-hydrogen) atoms. The van der Waals surface area contributed by atoms with Gasteiger partial charge in [-0.1, -0.05) is 0 Å². The lowest BCUT2D eigenvalue weighted by atomic mass is 9.53. The molecule has 0 radical (unpaired) electrons. The minimum atomic E-state index is 0.323. The van der Waals surface area contributed by atoms with E-state index in [2.05, 4.69) is 10.3 Å². The summed E-state index contributed by atoms with van der Waals surface area (Å²) in [5, 5.41) is 3.76. The first-order chi connectivity index (χ1) is 9.12. The van der Waals surface area contributed by atoms with Gasteiger partial charge in [0.25, 0.3) is 0 Å². The van der Waals surface area contributed by atoms with Crippen LogP contribution < -0.4 is 11.1 Å². The topological polar surface area (TPSA) is 50.9 Å². The highest BCUT2D eigenvalue weighted by atomic mass is 15.1. The van der Waals surface area contributed by atoms with Crippen LogP contribution in [0.25, 0.3) is 0 Å². The van der Waals surface area contributed by atoms with E-state index in [0.29, 0.717) is 5.54 Å². The van der Waals surface area contributed by atoms with Crippen molar-refractivity contribution < 1.29 is 0 Å². The highest BCUT2D eigenvalue weighted by molar-refractivity contribution is 5.54. The number of nitrogens with one attached hydrogen (secondary N) is 1. The number of nitrogens with two attached hydrogens (primary N) is 1. The Morgan fingerprint density at radius 1 is 1.16 bits per heavy atom. The van der Waals surface area contributed by atoms with Crippen LogP contribution in [0.2, 0.25) is 0 Å². The monoisotopic (exact) mass is 257 g/mol. The molecule has 4 fully saturated rings. The average molecular weight is 257 g/mol. The normalized spacial score (nSPS) is 39.5. The van der Waals surface area contributed by atoms with Crippen molar-refractivity contribution in [2.24, 2.45) is 17.8 Å². The van der Waals surface area contributed by atoms with Crippen molar-refractivity contribution in [2.45, 2.75) is 51.0 Å². The predicted molar refractivity (Wildman–Crippen MR) is 77.9 cm³/mol. The molecule has 5 rings (SSSR count). The maximum Gasteiger partial charge on any atom is 0.128 e. The van der Waals surface area contributed by atoms with Gasteiger partial charge in [0, 0.05) is 23.5 Å². The second kappa shape index (κ2) is 3.87. The van der Waals surface area contributed by atoms with E-state index in [-0.39, 0.29) is 0 Å². The van der Waals surface area contributed by atoms with Crippen LogP contribution in [0.1, 0.15) is 44.1 Å². The number of nitrogen functional groups attached to an aromatic ring is 1. The lowest BCUT2D eigenvalue weighted by molar-refractivity contribution is 0.0105. The zero-order valence-electron chi connectivity index (χ0n) is 11.7. The molecule has 4 saturated carbocycles. The zero-order chi connectivity index (χ0) is 13.0. The van der Waals surface area contributed by atoms with E-state index in [9.17, 15) is 0 Å². The second-order valence-corrected chi connectivity index (χ2v) is 7.25. The smallest absolute Gasteiger partial charge is 0.128 e. The van der Waals surface area contributed by atoms with Gasteiger partial charge in [-0.2, -0.15) is 0 Å². The van der Waals surface area contributed by atoms with E-state index in [1.54, 1.807) is 0 Å². The number of hydrogen-bond acceptors (Lipinski definition) is 3. The molecule has 0 aromatic carbocycles. The highest BCUT2D eigenvalue weighted by Crippen LogP contribution is 2.56. The summed E-state index contributed by atoms with van der Waals surface area (Å²) in [5.74, 6) is 3.86. The summed E-state index contributed by atoms with van der Waals surface area (Å²) in [7, 11) is 0. The van der Waals surface area contributed by atoms with Crippen LogP contribution in [0, 0.1) is 24.7 Å². The summed E-state index contributed by atoms with van der Waals surface area (Å²) < 4.78 is 0. The Morgan fingerprint density at radius 2 is 1.74 bits per heavy atom. The van der Waals surface area contributed by atoms with Gasteiger partial charge in [0.15, 0.2) is 0 Å². The number of aromatic nitrogens is 1. The highest BCUT2D eigenvalue weighted by Gasteiger charge is 2.51. The molecule has 3 heteroatoms. The van der Waals surface area contributed by atoms with Gasteiger partial charge in [0.1, 0.15) is 5.82 Å². The molecule has 3 nitrogen and oxygen atoms in total. The minimum absolute atomic E-state index is 0.323. The van der Waals surface area contributed by atoms with Crippen LogP contribution in [0.15, 0.2) is 12.3 Å². The first-order valence-corrected chi connectivity index (χ1v) is 7.62. The van der Waals surface area contributed by atoms with Gasteiger partial charge in [-0.25, -0.2) is 4.98 Å². The molecule has 0 spiro atoms. The minimum Gasteiger partial charge on any atom is -0.398 e. The predicted octanol–water partition coefficient (Wildman–Crippen LogP) is 3.35. The molecule has 0 saturated heterocycles. The quantitative estimate of drug-likeness (QED) is 0.854. The van der Waals surface area contributed by atoms with Crippen molar-refractivity contribution in [3.05, 3.63) is 17.8 Å². The van der Waals surface area contributed by atoms with E-state index >= 15 is 0 Å². The van der Waals surface area contributed by atoms with Gasteiger partial charge in [0.05, 0.1) is 0 Å². The molecule has 1 heterocycles. The summed E-state index contributed by atoms with van der Waals surface area (Å²) in [6.45, 7) is 2.01. The number of hydrogen-bond donors (Lipinski definition) is 2. The largest absolute Gasteiger partial charge is 0.398 e. The molecule has 1 aromatic heterocycles. The van der Waals surface area contributed by atoms with Crippen LogP contribution in [0.3, 0.4) is 0 Å². The maximum atomic E-state index is 6.01. The van der Waals surface area contributed by atoms with E-state index in [1.807, 2.05) is 19.2 Å². The van der Waals surface area contributed by atoms with Crippen molar-refractivity contribution in [2.75, 3.05) is 11.1 Å². The van der Waals surface area contributed by atoms with Gasteiger partial charge in [0.2, 0.25) is 0 Å². The second-order valence-electron chi connectivity index (χ2n) is 7.25. The molecule has 0 aliphatic heterocycles. The van der Waals surface area contributed by atoms with Crippen molar-refractivity contribution in [1.29, 1.82) is 0 Å². The van der Waals surface area contributed by atoms with Gasteiger partial charge in [-0.05, 0) is 68.8 Å².